The van der Waals surface area contributed by atoms with Crippen LogP contribution < -0.4 is 4.74 Å². The van der Waals surface area contributed by atoms with Crippen LogP contribution in [0.2, 0.25) is 0 Å². The van der Waals surface area contributed by atoms with E-state index in [-0.39, 0.29) is 24.1 Å². The minimum atomic E-state index is -1.82. The van der Waals surface area contributed by atoms with Crippen molar-refractivity contribution in [3.05, 3.63) is 59.7 Å². The second-order valence-electron chi connectivity index (χ2n) is 8.01. The van der Waals surface area contributed by atoms with Crippen LogP contribution in [0, 0.1) is 11.7 Å². The number of methoxy groups -OCH3 is 1. The fourth-order valence-electron chi connectivity index (χ4n) is 4.33. The molecule has 10 heteroatoms. The maximum absolute atomic E-state index is 13.9. The molecule has 2 saturated heterocycles. The number of benzene rings is 1. The smallest absolute Gasteiger partial charge is 0.414 e. The first-order chi connectivity index (χ1) is 15.8. The SMILES string of the molecule is COc1ccc(CC(=O)N2CC[C@H]3CN(Cc4cccnc4)C[C@H]32)cc1F.O=C(O)C(=O)O. The summed E-state index contributed by atoms with van der Waals surface area (Å²) in [6.07, 6.45) is 4.95. The Kier molecular flexibility index (Phi) is 7.94. The molecule has 176 valence electrons. The summed E-state index contributed by atoms with van der Waals surface area (Å²) in [7, 11) is 1.44. The lowest BCUT2D eigenvalue weighted by molar-refractivity contribution is -0.159. The number of hydrogen-bond donors (Lipinski definition) is 2. The van der Waals surface area contributed by atoms with E-state index in [9.17, 15) is 9.18 Å². The highest BCUT2D eigenvalue weighted by Crippen LogP contribution is 2.32. The highest BCUT2D eigenvalue weighted by molar-refractivity contribution is 6.27. The molecule has 2 aromatic rings. The van der Waals surface area contributed by atoms with Crippen LogP contribution in [0.4, 0.5) is 4.39 Å². The van der Waals surface area contributed by atoms with E-state index in [2.05, 4.69) is 16.0 Å². The summed E-state index contributed by atoms with van der Waals surface area (Å²) in [6, 6.07) is 9.04. The zero-order valence-electron chi connectivity index (χ0n) is 18.2. The number of fused-ring (bicyclic) bond motifs is 1. The van der Waals surface area contributed by atoms with Crippen molar-refractivity contribution in [3.8, 4) is 5.75 Å². The minimum absolute atomic E-state index is 0.0790. The van der Waals surface area contributed by atoms with E-state index in [1.54, 1.807) is 18.3 Å². The Morgan fingerprint density at radius 1 is 1.15 bits per heavy atom. The van der Waals surface area contributed by atoms with Crippen molar-refractivity contribution < 1.29 is 33.7 Å². The van der Waals surface area contributed by atoms with Gasteiger partial charge in [0.2, 0.25) is 5.91 Å². The highest BCUT2D eigenvalue weighted by atomic mass is 19.1. The van der Waals surface area contributed by atoms with Crippen molar-refractivity contribution in [1.82, 2.24) is 14.8 Å². The summed E-state index contributed by atoms with van der Waals surface area (Å²) in [6.45, 7) is 3.57. The van der Waals surface area contributed by atoms with Gasteiger partial charge in [0, 0.05) is 44.6 Å². The van der Waals surface area contributed by atoms with Gasteiger partial charge in [0.25, 0.3) is 0 Å². The summed E-state index contributed by atoms with van der Waals surface area (Å²) in [5, 5.41) is 14.8. The van der Waals surface area contributed by atoms with Crippen molar-refractivity contribution in [2.45, 2.75) is 25.4 Å². The Bertz CT molecular complexity index is 991. The maximum Gasteiger partial charge on any atom is 0.414 e. The average molecular weight is 459 g/mol. The summed E-state index contributed by atoms with van der Waals surface area (Å²) in [5.41, 5.74) is 1.89. The molecule has 2 aliphatic heterocycles. The third kappa shape index (κ3) is 6.26. The normalized spacial score (nSPS) is 19.4. The fourth-order valence-corrected chi connectivity index (χ4v) is 4.33. The van der Waals surface area contributed by atoms with Gasteiger partial charge in [0.1, 0.15) is 0 Å². The molecule has 2 aliphatic rings. The van der Waals surface area contributed by atoms with Gasteiger partial charge < -0.3 is 19.8 Å². The number of carboxylic acid groups (broad SMARTS) is 2. The molecule has 1 aromatic carbocycles. The molecule has 1 aromatic heterocycles. The molecule has 0 aliphatic carbocycles. The maximum atomic E-state index is 13.9. The van der Waals surface area contributed by atoms with Crippen molar-refractivity contribution in [1.29, 1.82) is 0 Å². The molecule has 2 N–H and O–H groups in total. The van der Waals surface area contributed by atoms with E-state index in [1.807, 2.05) is 17.2 Å². The number of pyridine rings is 1. The number of rotatable bonds is 5. The van der Waals surface area contributed by atoms with E-state index in [4.69, 9.17) is 24.5 Å². The van der Waals surface area contributed by atoms with E-state index >= 15 is 0 Å². The fraction of sp³-hybridized carbons (Fsp3) is 0.391. The van der Waals surface area contributed by atoms with Gasteiger partial charge in [-0.2, -0.15) is 0 Å². The van der Waals surface area contributed by atoms with Crippen LogP contribution in [0.25, 0.3) is 0 Å². The van der Waals surface area contributed by atoms with Gasteiger partial charge in [-0.05, 0) is 41.7 Å². The predicted molar refractivity (Wildman–Crippen MR) is 115 cm³/mol. The molecule has 0 spiro atoms. The largest absolute Gasteiger partial charge is 0.494 e. The highest BCUT2D eigenvalue weighted by Gasteiger charge is 2.42. The topological polar surface area (TPSA) is 120 Å². The molecule has 3 heterocycles. The molecular formula is C23H26FN3O6. The predicted octanol–water partition coefficient (Wildman–Crippen LogP) is 1.66. The Morgan fingerprint density at radius 3 is 2.52 bits per heavy atom. The Morgan fingerprint density at radius 2 is 1.91 bits per heavy atom. The molecular weight excluding hydrogens is 433 g/mol. The number of carbonyl (C=O) groups is 3. The van der Waals surface area contributed by atoms with Crippen molar-refractivity contribution >= 4 is 17.8 Å². The molecule has 0 bridgehead atoms. The number of nitrogens with zero attached hydrogens (tertiary/aromatic N) is 3. The molecule has 33 heavy (non-hydrogen) atoms. The van der Waals surface area contributed by atoms with E-state index in [0.29, 0.717) is 11.5 Å². The number of carboxylic acids is 2. The van der Waals surface area contributed by atoms with Gasteiger partial charge in [0.15, 0.2) is 11.6 Å². The monoisotopic (exact) mass is 459 g/mol. The zero-order valence-corrected chi connectivity index (χ0v) is 18.2. The quantitative estimate of drug-likeness (QED) is 0.648. The van der Waals surface area contributed by atoms with Crippen LogP contribution in [-0.4, -0.2) is 75.6 Å². The molecule has 0 radical (unpaired) electrons. The van der Waals surface area contributed by atoms with Crippen LogP contribution in [0.1, 0.15) is 17.5 Å². The lowest BCUT2D eigenvalue weighted by atomic mass is 10.0. The number of ether oxygens (including phenoxy) is 1. The van der Waals surface area contributed by atoms with Crippen LogP contribution in [0.15, 0.2) is 42.7 Å². The summed E-state index contributed by atoms with van der Waals surface area (Å²) in [5.74, 6) is -3.27. The van der Waals surface area contributed by atoms with Crippen LogP contribution in [-0.2, 0) is 27.3 Å². The number of carbonyl (C=O) groups excluding carboxylic acids is 1. The number of aliphatic carboxylic acids is 2. The van der Waals surface area contributed by atoms with Gasteiger partial charge in [0.05, 0.1) is 13.5 Å². The van der Waals surface area contributed by atoms with Gasteiger partial charge in [-0.1, -0.05) is 12.1 Å². The van der Waals surface area contributed by atoms with Crippen LogP contribution in [0.5, 0.6) is 5.75 Å². The summed E-state index contributed by atoms with van der Waals surface area (Å²) in [4.78, 5) is 39.6. The Hall–Kier alpha value is -3.53. The first-order valence-corrected chi connectivity index (χ1v) is 10.5. The van der Waals surface area contributed by atoms with E-state index < -0.39 is 17.8 Å². The number of hydrogen-bond acceptors (Lipinski definition) is 6. The molecule has 1 amide bonds. The third-order valence-corrected chi connectivity index (χ3v) is 5.83. The molecule has 0 unspecified atom stereocenters. The number of amides is 1. The first kappa shape index (κ1) is 24.1. The standard InChI is InChI=1S/C21H24FN3O2.C2H2O4/c1-27-20-5-4-15(9-18(20)22)10-21(26)25-8-6-17-13-24(14-19(17)25)12-16-3-2-7-23-11-16;3-1(4)2(5)6/h2-5,7,9,11,17,19H,6,8,10,12-14H2,1H3;(H,3,4)(H,5,6)/t17-,19+;/m0./s1. The van der Waals surface area contributed by atoms with Gasteiger partial charge >= 0.3 is 11.9 Å². The second kappa shape index (κ2) is 10.9. The van der Waals surface area contributed by atoms with Crippen molar-refractivity contribution in [2.24, 2.45) is 5.92 Å². The zero-order chi connectivity index (χ0) is 24.0. The Balaban J connectivity index is 0.000000454. The average Bonchev–Trinajstić information content (AvgIpc) is 3.35. The minimum Gasteiger partial charge on any atom is -0.494 e. The molecule has 4 rings (SSSR count). The summed E-state index contributed by atoms with van der Waals surface area (Å²) < 4.78 is 18.8. The second-order valence-corrected chi connectivity index (χ2v) is 8.01. The lowest BCUT2D eigenvalue weighted by Crippen LogP contribution is -2.40. The third-order valence-electron chi connectivity index (χ3n) is 5.83. The van der Waals surface area contributed by atoms with Crippen molar-refractivity contribution in [3.63, 3.8) is 0 Å². The number of aromatic nitrogens is 1. The van der Waals surface area contributed by atoms with Gasteiger partial charge in [-0.3, -0.25) is 14.7 Å². The van der Waals surface area contributed by atoms with E-state index in [1.165, 1.54) is 18.7 Å². The molecule has 2 atom stereocenters. The van der Waals surface area contributed by atoms with Crippen LogP contribution >= 0.6 is 0 Å². The number of likely N-dealkylation sites (tertiary alicyclic amines) is 2. The molecule has 9 nitrogen and oxygen atoms in total. The first-order valence-electron chi connectivity index (χ1n) is 10.5. The van der Waals surface area contributed by atoms with Gasteiger partial charge in [-0.15, -0.1) is 0 Å². The molecule has 0 saturated carbocycles. The Labute approximate surface area is 190 Å². The number of halogens is 1. The molecule has 2 fully saturated rings. The van der Waals surface area contributed by atoms with Crippen molar-refractivity contribution in [2.75, 3.05) is 26.7 Å². The van der Waals surface area contributed by atoms with Crippen LogP contribution in [0.3, 0.4) is 0 Å². The lowest BCUT2D eigenvalue weighted by Gasteiger charge is -2.25. The van der Waals surface area contributed by atoms with E-state index in [0.717, 1.165) is 32.6 Å². The summed E-state index contributed by atoms with van der Waals surface area (Å²) >= 11 is 0. The van der Waals surface area contributed by atoms with Gasteiger partial charge in [-0.25, -0.2) is 14.0 Å².